The van der Waals surface area contributed by atoms with Gasteiger partial charge < -0.3 is 10.1 Å². The Morgan fingerprint density at radius 3 is 2.74 bits per heavy atom. The second-order valence-electron chi connectivity index (χ2n) is 4.35. The third-order valence-corrected chi connectivity index (χ3v) is 3.35. The van der Waals surface area contributed by atoms with Gasteiger partial charge in [0.05, 0.1) is 7.11 Å². The van der Waals surface area contributed by atoms with Crippen LogP contribution in [-0.4, -0.2) is 13.7 Å². The summed E-state index contributed by atoms with van der Waals surface area (Å²) in [7, 11) is 1.68. The van der Waals surface area contributed by atoms with E-state index in [1.165, 1.54) is 5.56 Å². The van der Waals surface area contributed by atoms with E-state index < -0.39 is 0 Å². The van der Waals surface area contributed by atoms with Gasteiger partial charge in [-0.2, -0.15) is 0 Å². The normalized spacial score (nSPS) is 10.2. The van der Waals surface area contributed by atoms with Crippen molar-refractivity contribution in [2.24, 2.45) is 0 Å². The Bertz CT molecular complexity index is 528. The molecule has 2 rings (SSSR count). The zero-order valence-corrected chi connectivity index (χ0v) is 11.8. The van der Waals surface area contributed by atoms with E-state index >= 15 is 0 Å². The Hall–Kier alpha value is -1.67. The Morgan fingerprint density at radius 1 is 1.11 bits per heavy atom. The fourth-order valence-corrected chi connectivity index (χ4v) is 2.18. The van der Waals surface area contributed by atoms with Gasteiger partial charge in [-0.05, 0) is 36.6 Å². The number of halogens is 1. The summed E-state index contributed by atoms with van der Waals surface area (Å²) in [6, 6.07) is 16.0. The van der Waals surface area contributed by atoms with Gasteiger partial charge in [0.2, 0.25) is 0 Å². The van der Waals surface area contributed by atoms with Gasteiger partial charge in [0, 0.05) is 23.3 Å². The van der Waals surface area contributed by atoms with Gasteiger partial charge in [-0.25, -0.2) is 0 Å². The number of hydrogen-bond donors (Lipinski definition) is 1. The molecular weight excluding hydrogens is 258 g/mol. The zero-order chi connectivity index (χ0) is 13.5. The molecular formula is C16H18ClNO. The molecule has 0 spiro atoms. The van der Waals surface area contributed by atoms with E-state index in [2.05, 4.69) is 11.4 Å². The lowest BCUT2D eigenvalue weighted by Crippen LogP contribution is -2.03. The van der Waals surface area contributed by atoms with Gasteiger partial charge in [0.15, 0.2) is 0 Å². The molecule has 100 valence electrons. The highest BCUT2D eigenvalue weighted by atomic mass is 35.5. The SMILES string of the molecule is COc1cccc(NCCCc2ccccc2Cl)c1. The van der Waals surface area contributed by atoms with Crippen LogP contribution in [0.5, 0.6) is 5.75 Å². The van der Waals surface area contributed by atoms with E-state index in [4.69, 9.17) is 16.3 Å². The minimum atomic E-state index is 0.851. The summed E-state index contributed by atoms with van der Waals surface area (Å²) < 4.78 is 5.19. The van der Waals surface area contributed by atoms with Crippen molar-refractivity contribution < 1.29 is 4.74 Å². The van der Waals surface area contributed by atoms with Crippen LogP contribution in [0.15, 0.2) is 48.5 Å². The molecule has 0 radical (unpaired) electrons. The summed E-state index contributed by atoms with van der Waals surface area (Å²) >= 11 is 6.12. The van der Waals surface area contributed by atoms with Crippen LogP contribution >= 0.6 is 11.6 Å². The molecule has 0 aliphatic carbocycles. The third-order valence-electron chi connectivity index (χ3n) is 2.98. The average molecular weight is 276 g/mol. The van der Waals surface area contributed by atoms with Crippen molar-refractivity contribution >= 4 is 17.3 Å². The standard InChI is InChI=1S/C16H18ClNO/c1-19-15-9-4-8-14(12-15)18-11-5-7-13-6-2-3-10-16(13)17/h2-4,6,8-10,12,18H,5,7,11H2,1H3. The molecule has 0 bridgehead atoms. The van der Waals surface area contributed by atoms with Crippen LogP contribution in [0.25, 0.3) is 0 Å². The van der Waals surface area contributed by atoms with Gasteiger partial charge in [-0.3, -0.25) is 0 Å². The van der Waals surface area contributed by atoms with Crippen LogP contribution in [-0.2, 0) is 6.42 Å². The maximum atomic E-state index is 6.12. The fraction of sp³-hybridized carbons (Fsp3) is 0.250. The molecule has 2 aromatic carbocycles. The molecule has 0 fully saturated rings. The first-order chi connectivity index (χ1) is 9.29. The van der Waals surface area contributed by atoms with Crippen molar-refractivity contribution in [3.63, 3.8) is 0 Å². The van der Waals surface area contributed by atoms with E-state index in [0.717, 1.165) is 35.8 Å². The van der Waals surface area contributed by atoms with Crippen LogP contribution in [0.1, 0.15) is 12.0 Å². The maximum Gasteiger partial charge on any atom is 0.120 e. The highest BCUT2D eigenvalue weighted by molar-refractivity contribution is 6.31. The minimum Gasteiger partial charge on any atom is -0.497 e. The van der Waals surface area contributed by atoms with Crippen molar-refractivity contribution in [1.82, 2.24) is 0 Å². The van der Waals surface area contributed by atoms with Crippen molar-refractivity contribution in [2.75, 3.05) is 19.0 Å². The summed E-state index contributed by atoms with van der Waals surface area (Å²) in [5, 5.41) is 4.24. The molecule has 0 atom stereocenters. The monoisotopic (exact) mass is 275 g/mol. The summed E-state index contributed by atoms with van der Waals surface area (Å²) in [5.41, 5.74) is 2.29. The number of methoxy groups -OCH3 is 1. The Balaban J connectivity index is 1.79. The molecule has 0 aromatic heterocycles. The summed E-state index contributed by atoms with van der Waals surface area (Å²) in [5.74, 6) is 0.871. The van der Waals surface area contributed by atoms with Crippen molar-refractivity contribution in [1.29, 1.82) is 0 Å². The first kappa shape index (κ1) is 13.8. The van der Waals surface area contributed by atoms with Crippen molar-refractivity contribution in [2.45, 2.75) is 12.8 Å². The molecule has 2 aromatic rings. The van der Waals surface area contributed by atoms with E-state index in [-0.39, 0.29) is 0 Å². The molecule has 0 saturated carbocycles. The molecule has 1 N–H and O–H groups in total. The van der Waals surface area contributed by atoms with Gasteiger partial charge >= 0.3 is 0 Å². The zero-order valence-electron chi connectivity index (χ0n) is 11.0. The van der Waals surface area contributed by atoms with Crippen LogP contribution < -0.4 is 10.1 Å². The summed E-state index contributed by atoms with van der Waals surface area (Å²) in [6.07, 6.45) is 2.03. The topological polar surface area (TPSA) is 21.3 Å². The molecule has 0 amide bonds. The quantitative estimate of drug-likeness (QED) is 0.789. The van der Waals surface area contributed by atoms with Crippen LogP contribution in [0.3, 0.4) is 0 Å². The van der Waals surface area contributed by atoms with E-state index in [9.17, 15) is 0 Å². The lowest BCUT2D eigenvalue weighted by atomic mass is 10.1. The molecule has 0 heterocycles. The lowest BCUT2D eigenvalue weighted by Gasteiger charge is -2.08. The summed E-state index contributed by atoms with van der Waals surface area (Å²) in [6.45, 7) is 0.915. The van der Waals surface area contributed by atoms with Gasteiger partial charge in [0.1, 0.15) is 5.75 Å². The van der Waals surface area contributed by atoms with Gasteiger partial charge in [-0.1, -0.05) is 35.9 Å². The Kier molecular flexibility index (Phi) is 5.10. The minimum absolute atomic E-state index is 0.851. The molecule has 0 aliphatic rings. The Labute approximate surface area is 119 Å². The van der Waals surface area contributed by atoms with Crippen LogP contribution in [0.4, 0.5) is 5.69 Å². The largest absolute Gasteiger partial charge is 0.497 e. The number of hydrogen-bond acceptors (Lipinski definition) is 2. The first-order valence-electron chi connectivity index (χ1n) is 6.41. The molecule has 2 nitrogen and oxygen atoms in total. The molecule has 0 saturated heterocycles. The number of rotatable bonds is 6. The third kappa shape index (κ3) is 4.18. The number of ether oxygens (including phenoxy) is 1. The Morgan fingerprint density at radius 2 is 1.95 bits per heavy atom. The first-order valence-corrected chi connectivity index (χ1v) is 6.79. The van der Waals surface area contributed by atoms with Crippen molar-refractivity contribution in [3.8, 4) is 5.75 Å². The van der Waals surface area contributed by atoms with E-state index in [1.54, 1.807) is 7.11 Å². The second-order valence-corrected chi connectivity index (χ2v) is 4.76. The smallest absolute Gasteiger partial charge is 0.120 e. The number of anilines is 1. The van der Waals surface area contributed by atoms with Crippen LogP contribution in [0.2, 0.25) is 5.02 Å². The predicted molar refractivity (Wildman–Crippen MR) is 81.3 cm³/mol. The second kappa shape index (κ2) is 7.05. The number of nitrogens with one attached hydrogen (secondary N) is 1. The average Bonchev–Trinajstić information content (AvgIpc) is 2.45. The van der Waals surface area contributed by atoms with E-state index in [0.29, 0.717) is 0 Å². The number of aryl methyl sites for hydroxylation is 1. The molecule has 0 aliphatic heterocycles. The van der Waals surface area contributed by atoms with Crippen LogP contribution in [0, 0.1) is 0 Å². The molecule has 3 heteroatoms. The fourth-order valence-electron chi connectivity index (χ4n) is 1.95. The van der Waals surface area contributed by atoms with Crippen molar-refractivity contribution in [3.05, 3.63) is 59.1 Å². The molecule has 19 heavy (non-hydrogen) atoms. The molecule has 0 unspecified atom stereocenters. The summed E-state index contributed by atoms with van der Waals surface area (Å²) in [4.78, 5) is 0. The maximum absolute atomic E-state index is 6.12. The van der Waals surface area contributed by atoms with E-state index in [1.807, 2.05) is 42.5 Å². The lowest BCUT2D eigenvalue weighted by molar-refractivity contribution is 0.415. The highest BCUT2D eigenvalue weighted by Gasteiger charge is 1.99. The number of benzene rings is 2. The van der Waals surface area contributed by atoms with Gasteiger partial charge in [0.25, 0.3) is 0 Å². The van der Waals surface area contributed by atoms with Gasteiger partial charge in [-0.15, -0.1) is 0 Å². The predicted octanol–water partition coefficient (Wildman–Crippen LogP) is 4.39. The highest BCUT2D eigenvalue weighted by Crippen LogP contribution is 2.18.